The van der Waals surface area contributed by atoms with Gasteiger partial charge in [-0.05, 0) is 10.4 Å². The number of carboxylic acids is 1. The van der Waals surface area contributed by atoms with E-state index in [4.69, 9.17) is 4.74 Å². The Morgan fingerprint density at radius 1 is 1.47 bits per heavy atom. The van der Waals surface area contributed by atoms with Crippen LogP contribution in [0.3, 0.4) is 0 Å². The summed E-state index contributed by atoms with van der Waals surface area (Å²) in [6, 6.07) is 0. The van der Waals surface area contributed by atoms with E-state index in [0.29, 0.717) is 26.1 Å². The molecule has 0 spiro atoms. The monoisotopic (exact) mass is 220 g/mol. The van der Waals surface area contributed by atoms with Gasteiger partial charge in [0, 0.05) is 26.1 Å². The predicted molar refractivity (Wildman–Crippen MR) is 40.9 cm³/mol. The maximum absolute atomic E-state index is 11.1. The molecule has 0 bridgehead atoms. The largest absolute Gasteiger partial charge is 1.00 e. The van der Waals surface area contributed by atoms with Crippen molar-refractivity contribution >= 4 is 5.97 Å². The van der Waals surface area contributed by atoms with E-state index in [0.717, 1.165) is 0 Å². The maximum atomic E-state index is 11.1. The first-order valence-electron chi connectivity index (χ1n) is 4.28. The molecule has 15 heavy (non-hydrogen) atoms. The van der Waals surface area contributed by atoms with Crippen molar-refractivity contribution in [2.45, 2.75) is 18.4 Å². The number of nitrogens with zero attached hydrogens (tertiary/aromatic N) is 4. The molecular formula is C7H9N4NaO3. The second-order valence-electron chi connectivity index (χ2n) is 3.19. The zero-order valence-corrected chi connectivity index (χ0v) is 10.4. The Hall–Kier alpha value is -0.500. The minimum Gasteiger partial charge on any atom is -0.547 e. The van der Waals surface area contributed by atoms with Crippen molar-refractivity contribution in [1.82, 2.24) is 20.2 Å². The fraction of sp³-hybridized carbons (Fsp3) is 0.714. The number of hydrogen-bond donors (Lipinski definition) is 0. The van der Waals surface area contributed by atoms with Crippen molar-refractivity contribution in [3.05, 3.63) is 6.33 Å². The summed E-state index contributed by atoms with van der Waals surface area (Å²) >= 11 is 0. The molecule has 0 aromatic carbocycles. The van der Waals surface area contributed by atoms with Crippen LogP contribution in [0.15, 0.2) is 6.33 Å². The summed E-state index contributed by atoms with van der Waals surface area (Å²) in [5.41, 5.74) is -1.14. The van der Waals surface area contributed by atoms with Gasteiger partial charge >= 0.3 is 29.6 Å². The van der Waals surface area contributed by atoms with E-state index >= 15 is 0 Å². The first-order chi connectivity index (χ1) is 6.76. The summed E-state index contributed by atoms with van der Waals surface area (Å²) in [6.45, 7) is 0.766. The van der Waals surface area contributed by atoms with Gasteiger partial charge in [0.05, 0.1) is 5.97 Å². The van der Waals surface area contributed by atoms with Gasteiger partial charge < -0.3 is 14.6 Å². The number of rotatable bonds is 2. The van der Waals surface area contributed by atoms with Crippen LogP contribution >= 0.6 is 0 Å². The van der Waals surface area contributed by atoms with Crippen molar-refractivity contribution in [2.24, 2.45) is 0 Å². The Labute approximate surface area is 108 Å². The van der Waals surface area contributed by atoms with Crippen LogP contribution in [0.25, 0.3) is 0 Å². The van der Waals surface area contributed by atoms with E-state index in [1.807, 2.05) is 0 Å². The van der Waals surface area contributed by atoms with Crippen molar-refractivity contribution in [3.8, 4) is 0 Å². The van der Waals surface area contributed by atoms with Crippen molar-refractivity contribution in [1.29, 1.82) is 0 Å². The Bertz CT molecular complexity index is 323. The van der Waals surface area contributed by atoms with Crippen molar-refractivity contribution < 1.29 is 44.2 Å². The smallest absolute Gasteiger partial charge is 0.547 e. The first-order valence-corrected chi connectivity index (χ1v) is 4.28. The van der Waals surface area contributed by atoms with Gasteiger partial charge in [0.25, 0.3) is 0 Å². The molecule has 1 aromatic heterocycles. The van der Waals surface area contributed by atoms with Gasteiger partial charge in [-0.3, -0.25) is 0 Å². The molecule has 0 radical (unpaired) electrons. The first kappa shape index (κ1) is 12.6. The molecule has 1 aliphatic rings. The van der Waals surface area contributed by atoms with Gasteiger partial charge in [-0.25, -0.2) is 4.68 Å². The van der Waals surface area contributed by atoms with Gasteiger partial charge in [0.15, 0.2) is 0 Å². The average Bonchev–Trinajstić information content (AvgIpc) is 2.72. The van der Waals surface area contributed by atoms with Crippen LogP contribution in [0.5, 0.6) is 0 Å². The summed E-state index contributed by atoms with van der Waals surface area (Å²) in [4.78, 5) is 11.1. The van der Waals surface area contributed by atoms with E-state index in [1.54, 1.807) is 0 Å². The molecule has 76 valence electrons. The normalized spacial score (nSPS) is 19.2. The van der Waals surface area contributed by atoms with Gasteiger partial charge in [-0.1, -0.05) is 0 Å². The molecule has 8 heteroatoms. The summed E-state index contributed by atoms with van der Waals surface area (Å²) in [5, 5.41) is 21.6. The summed E-state index contributed by atoms with van der Waals surface area (Å²) < 4.78 is 6.34. The SMILES string of the molecule is O=C([O-])C1(n2cnnn2)CCOCC1.[Na+]. The van der Waals surface area contributed by atoms with Crippen molar-refractivity contribution in [3.63, 3.8) is 0 Å². The summed E-state index contributed by atoms with van der Waals surface area (Å²) in [7, 11) is 0. The van der Waals surface area contributed by atoms with Crippen LogP contribution in [0.4, 0.5) is 0 Å². The number of carbonyl (C=O) groups excluding carboxylic acids is 1. The number of aliphatic carboxylic acids is 1. The fourth-order valence-electron chi connectivity index (χ4n) is 1.59. The molecule has 0 amide bonds. The number of hydrogen-bond acceptors (Lipinski definition) is 6. The molecule has 1 saturated heterocycles. The fourth-order valence-corrected chi connectivity index (χ4v) is 1.59. The Morgan fingerprint density at radius 3 is 2.60 bits per heavy atom. The third-order valence-electron chi connectivity index (χ3n) is 2.49. The Morgan fingerprint density at radius 2 is 2.13 bits per heavy atom. The molecule has 0 unspecified atom stereocenters. The second kappa shape index (κ2) is 5.02. The maximum Gasteiger partial charge on any atom is 1.00 e. The van der Waals surface area contributed by atoms with Gasteiger partial charge in [0.1, 0.15) is 11.9 Å². The quantitative estimate of drug-likeness (QED) is 0.463. The van der Waals surface area contributed by atoms with Crippen LogP contribution in [0.2, 0.25) is 0 Å². The number of carboxylic acid groups (broad SMARTS) is 1. The Kier molecular flexibility index (Phi) is 4.21. The molecule has 1 aliphatic heterocycles. The van der Waals surface area contributed by atoms with Crippen molar-refractivity contribution in [2.75, 3.05) is 13.2 Å². The van der Waals surface area contributed by atoms with Gasteiger partial charge in [-0.2, -0.15) is 0 Å². The van der Waals surface area contributed by atoms with Crippen LogP contribution < -0.4 is 34.7 Å². The average molecular weight is 220 g/mol. The van der Waals surface area contributed by atoms with Crippen LogP contribution in [0.1, 0.15) is 12.8 Å². The molecule has 0 aliphatic carbocycles. The van der Waals surface area contributed by atoms with Crippen LogP contribution in [-0.2, 0) is 15.1 Å². The molecule has 2 heterocycles. The zero-order chi connectivity index (χ0) is 10.0. The Balaban J connectivity index is 0.00000112. The van der Waals surface area contributed by atoms with Crippen LogP contribution in [0, 0.1) is 0 Å². The minimum absolute atomic E-state index is 0. The molecular weight excluding hydrogens is 211 g/mol. The van der Waals surface area contributed by atoms with E-state index in [-0.39, 0.29) is 29.6 Å². The van der Waals surface area contributed by atoms with Crippen LogP contribution in [-0.4, -0.2) is 39.4 Å². The van der Waals surface area contributed by atoms with Gasteiger partial charge in [-0.15, -0.1) is 5.10 Å². The molecule has 0 N–H and O–H groups in total. The molecule has 7 nitrogen and oxygen atoms in total. The number of carbonyl (C=O) groups is 1. The zero-order valence-electron chi connectivity index (χ0n) is 8.42. The molecule has 1 aromatic rings. The van der Waals surface area contributed by atoms with E-state index in [2.05, 4.69) is 15.5 Å². The summed E-state index contributed by atoms with van der Waals surface area (Å²) in [6.07, 6.45) is 1.96. The van der Waals surface area contributed by atoms with E-state index < -0.39 is 11.5 Å². The topological polar surface area (TPSA) is 93.0 Å². The summed E-state index contributed by atoms with van der Waals surface area (Å²) in [5.74, 6) is -1.16. The second-order valence-corrected chi connectivity index (χ2v) is 3.19. The third kappa shape index (κ3) is 2.20. The molecule has 0 atom stereocenters. The standard InChI is InChI=1S/C7H10N4O3.Na/c12-6(13)7(1-3-14-4-2-7)11-5-8-9-10-11;/h5H,1-4H2,(H,12,13);/q;+1/p-1. The van der Waals surface area contributed by atoms with E-state index in [9.17, 15) is 9.90 Å². The minimum atomic E-state index is -1.16. The van der Waals surface area contributed by atoms with Gasteiger partial charge in [0.2, 0.25) is 0 Å². The number of ether oxygens (including phenoxy) is 1. The molecule has 2 rings (SSSR count). The number of tetrazole rings is 1. The molecule has 0 saturated carbocycles. The van der Waals surface area contributed by atoms with E-state index in [1.165, 1.54) is 11.0 Å². The number of aromatic nitrogens is 4. The third-order valence-corrected chi connectivity index (χ3v) is 2.49. The molecule has 1 fully saturated rings. The predicted octanol–water partition coefficient (Wildman–Crippen LogP) is -5.07.